The van der Waals surface area contributed by atoms with E-state index in [1.54, 1.807) is 20.8 Å². The van der Waals surface area contributed by atoms with E-state index >= 15 is 0 Å². The lowest BCUT2D eigenvalue weighted by molar-refractivity contribution is 0.0562. The molecule has 1 aromatic heterocycles. The summed E-state index contributed by atoms with van der Waals surface area (Å²) in [5, 5.41) is 4.03. The Labute approximate surface area is 243 Å². The van der Waals surface area contributed by atoms with Crippen molar-refractivity contribution in [1.82, 2.24) is 15.0 Å². The predicted molar refractivity (Wildman–Crippen MR) is 161 cm³/mol. The van der Waals surface area contributed by atoms with Gasteiger partial charge in [-0.2, -0.15) is 0 Å². The molecule has 4 rings (SSSR count). The van der Waals surface area contributed by atoms with Crippen LogP contribution in [0.1, 0.15) is 26.5 Å². The van der Waals surface area contributed by atoms with Gasteiger partial charge in [0.05, 0.1) is 12.2 Å². The van der Waals surface area contributed by atoms with Crippen molar-refractivity contribution in [3.63, 3.8) is 0 Å². The number of halogens is 2. The molecule has 2 N–H and O–H groups in total. The van der Waals surface area contributed by atoms with Gasteiger partial charge < -0.3 is 4.74 Å². The van der Waals surface area contributed by atoms with Gasteiger partial charge in [-0.15, -0.1) is 0 Å². The highest BCUT2D eigenvalue weighted by molar-refractivity contribution is 7.98. The Morgan fingerprint density at radius 2 is 1.49 bits per heavy atom. The third kappa shape index (κ3) is 8.75. The van der Waals surface area contributed by atoms with Gasteiger partial charge in [-0.1, -0.05) is 65.7 Å². The highest BCUT2D eigenvalue weighted by Gasteiger charge is 2.18. The van der Waals surface area contributed by atoms with Gasteiger partial charge in [0, 0.05) is 26.7 Å². The van der Waals surface area contributed by atoms with Crippen molar-refractivity contribution in [2.75, 3.05) is 0 Å². The molecule has 0 atom stereocenters. The van der Waals surface area contributed by atoms with Crippen molar-refractivity contribution in [1.29, 1.82) is 0 Å². The highest BCUT2D eigenvalue weighted by Crippen LogP contribution is 2.33. The molecule has 1 heterocycles. The molecule has 0 aliphatic rings. The number of ether oxygens (including phenoxy) is 1. The molecule has 0 fully saturated rings. The number of pyridine rings is 1. The molecule has 6 nitrogen and oxygen atoms in total. The summed E-state index contributed by atoms with van der Waals surface area (Å²) in [5.74, 6) is 0.259. The number of hydrogen-bond acceptors (Lipinski definition) is 5. The fraction of sp³-hybridized carbons (Fsp3) is 0.167. The number of benzene rings is 3. The SMILES string of the molecule is CC(C)(C)OC(=O)NC(=NCc1cc(-c2ccc(Cl)cc2)c(-c2ccc(Cl)cc2)cn1)NSc1ccccc1. The Bertz CT molecular complexity index is 1440. The number of alkyl carbamates (subject to hydrolysis) is 1. The number of nitrogens with one attached hydrogen (secondary N) is 2. The maximum absolute atomic E-state index is 12.5. The van der Waals surface area contributed by atoms with Crippen molar-refractivity contribution in [3.05, 3.63) is 107 Å². The molecule has 0 saturated carbocycles. The maximum atomic E-state index is 12.5. The minimum Gasteiger partial charge on any atom is -0.444 e. The summed E-state index contributed by atoms with van der Waals surface area (Å²) in [6, 6.07) is 27.0. The van der Waals surface area contributed by atoms with Crippen LogP contribution in [0, 0.1) is 0 Å². The van der Waals surface area contributed by atoms with Crippen LogP contribution in [0.15, 0.2) is 101 Å². The summed E-state index contributed by atoms with van der Waals surface area (Å²) in [4.78, 5) is 22.7. The molecular formula is C30H28Cl2N4O2S. The summed E-state index contributed by atoms with van der Waals surface area (Å²) < 4.78 is 8.53. The second kappa shape index (κ2) is 13.0. The zero-order valence-corrected chi connectivity index (χ0v) is 24.1. The van der Waals surface area contributed by atoms with Gasteiger partial charge in [0.2, 0.25) is 5.96 Å². The van der Waals surface area contributed by atoms with Crippen molar-refractivity contribution in [2.24, 2.45) is 4.99 Å². The van der Waals surface area contributed by atoms with Crippen LogP contribution < -0.4 is 10.0 Å². The average molecular weight is 580 g/mol. The van der Waals surface area contributed by atoms with Crippen LogP contribution in [-0.2, 0) is 11.3 Å². The van der Waals surface area contributed by atoms with Gasteiger partial charge in [-0.3, -0.25) is 15.0 Å². The second-order valence-electron chi connectivity index (χ2n) is 9.54. The molecule has 3 aromatic carbocycles. The van der Waals surface area contributed by atoms with Gasteiger partial charge in [-0.25, -0.2) is 9.79 Å². The van der Waals surface area contributed by atoms with E-state index in [2.05, 4.69) is 20.0 Å². The molecule has 0 radical (unpaired) electrons. The average Bonchev–Trinajstić information content (AvgIpc) is 2.90. The Morgan fingerprint density at radius 3 is 2.08 bits per heavy atom. The monoisotopic (exact) mass is 578 g/mol. The molecule has 0 spiro atoms. The number of nitrogens with zero attached hydrogens (tertiary/aromatic N) is 2. The topological polar surface area (TPSA) is 75.6 Å². The number of guanidine groups is 1. The molecular weight excluding hydrogens is 551 g/mol. The van der Waals surface area contributed by atoms with Crippen LogP contribution in [0.3, 0.4) is 0 Å². The Morgan fingerprint density at radius 1 is 0.897 bits per heavy atom. The first-order chi connectivity index (χ1) is 18.7. The summed E-state index contributed by atoms with van der Waals surface area (Å²) in [6.45, 7) is 5.63. The lowest BCUT2D eigenvalue weighted by Crippen LogP contribution is -2.41. The van der Waals surface area contributed by atoms with Crippen LogP contribution >= 0.6 is 35.1 Å². The molecule has 39 heavy (non-hydrogen) atoms. The number of aromatic nitrogens is 1. The Kier molecular flexibility index (Phi) is 9.51. The number of aliphatic imine (C=N–C) groups is 1. The number of carbonyl (C=O) groups is 1. The second-order valence-corrected chi connectivity index (χ2v) is 11.3. The van der Waals surface area contributed by atoms with Crippen LogP contribution in [0.2, 0.25) is 10.0 Å². The van der Waals surface area contributed by atoms with Gasteiger partial charge in [0.25, 0.3) is 0 Å². The van der Waals surface area contributed by atoms with Crippen LogP contribution in [0.25, 0.3) is 22.3 Å². The third-order valence-electron chi connectivity index (χ3n) is 5.30. The van der Waals surface area contributed by atoms with E-state index in [-0.39, 0.29) is 12.5 Å². The molecule has 0 aliphatic heterocycles. The smallest absolute Gasteiger partial charge is 0.414 e. The molecule has 200 valence electrons. The van der Waals surface area contributed by atoms with Gasteiger partial charge >= 0.3 is 6.09 Å². The van der Waals surface area contributed by atoms with Gasteiger partial charge in [0.15, 0.2) is 0 Å². The van der Waals surface area contributed by atoms with E-state index < -0.39 is 11.7 Å². The van der Waals surface area contributed by atoms with Crippen molar-refractivity contribution < 1.29 is 9.53 Å². The molecule has 1 amide bonds. The zero-order chi connectivity index (χ0) is 27.8. The van der Waals surface area contributed by atoms with Crippen molar-refractivity contribution in [3.8, 4) is 22.3 Å². The largest absolute Gasteiger partial charge is 0.444 e. The van der Waals surface area contributed by atoms with E-state index in [1.165, 1.54) is 11.9 Å². The summed E-state index contributed by atoms with van der Waals surface area (Å²) in [6.07, 6.45) is 1.22. The van der Waals surface area contributed by atoms with Gasteiger partial charge in [-0.05, 0) is 91.9 Å². The standard InChI is InChI=1S/C30H28Cl2N4O2S/c1-30(2,3)38-29(37)35-28(36-39-25-7-5-4-6-8-25)34-18-24-17-26(20-9-13-22(31)14-10-20)27(19-33-24)21-11-15-23(32)16-12-21/h4-17,19H,18H2,1-3H3,(H2,34,35,36,37). The third-order valence-corrected chi connectivity index (χ3v) is 6.61. The summed E-state index contributed by atoms with van der Waals surface area (Å²) in [5.41, 5.74) is 3.97. The first-order valence-corrected chi connectivity index (χ1v) is 13.8. The number of rotatable bonds is 6. The van der Waals surface area contributed by atoms with E-state index in [0.29, 0.717) is 15.7 Å². The molecule has 0 aliphatic carbocycles. The minimum atomic E-state index is -0.645. The van der Waals surface area contributed by atoms with E-state index in [1.807, 2.05) is 91.1 Å². The first kappa shape index (κ1) is 28.5. The quantitative estimate of drug-likeness (QED) is 0.136. The highest BCUT2D eigenvalue weighted by atomic mass is 35.5. The van der Waals surface area contributed by atoms with E-state index in [0.717, 1.165) is 27.1 Å². The number of hydrogen-bond donors (Lipinski definition) is 2. The summed E-state index contributed by atoms with van der Waals surface area (Å²) in [7, 11) is 0. The normalized spacial score (nSPS) is 11.7. The van der Waals surface area contributed by atoms with Crippen molar-refractivity contribution >= 4 is 47.2 Å². The Balaban J connectivity index is 1.63. The van der Waals surface area contributed by atoms with E-state index in [4.69, 9.17) is 27.9 Å². The minimum absolute atomic E-state index is 0.217. The van der Waals surface area contributed by atoms with E-state index in [9.17, 15) is 4.79 Å². The molecule has 0 bridgehead atoms. The van der Waals surface area contributed by atoms with Crippen LogP contribution in [0.4, 0.5) is 4.79 Å². The maximum Gasteiger partial charge on any atom is 0.414 e. The zero-order valence-electron chi connectivity index (χ0n) is 21.7. The Hall–Kier alpha value is -3.52. The fourth-order valence-electron chi connectivity index (χ4n) is 3.57. The molecule has 0 unspecified atom stereocenters. The first-order valence-electron chi connectivity index (χ1n) is 12.2. The summed E-state index contributed by atoms with van der Waals surface area (Å²) >= 11 is 13.6. The number of amides is 1. The lowest BCUT2D eigenvalue weighted by atomic mass is 9.95. The predicted octanol–water partition coefficient (Wildman–Crippen LogP) is 8.40. The molecule has 9 heteroatoms. The fourth-order valence-corrected chi connectivity index (χ4v) is 4.44. The van der Waals surface area contributed by atoms with Crippen LogP contribution in [0.5, 0.6) is 0 Å². The number of carbonyl (C=O) groups excluding carboxylic acids is 1. The molecule has 4 aromatic rings. The lowest BCUT2D eigenvalue weighted by Gasteiger charge is -2.20. The van der Waals surface area contributed by atoms with Crippen LogP contribution in [-0.4, -0.2) is 22.6 Å². The molecule has 0 saturated heterocycles. The van der Waals surface area contributed by atoms with Crippen molar-refractivity contribution in [2.45, 2.75) is 37.8 Å². The van der Waals surface area contributed by atoms with Gasteiger partial charge in [0.1, 0.15) is 5.60 Å².